The van der Waals surface area contributed by atoms with Gasteiger partial charge in [0.15, 0.2) is 0 Å². The number of hydrogen-bond acceptors (Lipinski definition) is 2. The van der Waals surface area contributed by atoms with Crippen molar-refractivity contribution in [3.63, 3.8) is 0 Å². The second-order valence-electron chi connectivity index (χ2n) is 4.65. The first-order valence-electron chi connectivity index (χ1n) is 6.18. The maximum Gasteiger partial charge on any atom is 0.0512 e. The molecule has 2 aromatic rings. The summed E-state index contributed by atoms with van der Waals surface area (Å²) in [5.41, 5.74) is 6.00. The van der Waals surface area contributed by atoms with Gasteiger partial charge in [-0.15, -0.1) is 0 Å². The molecular weight excluding hydrogens is 359 g/mol. The molecule has 0 bridgehead atoms. The van der Waals surface area contributed by atoms with Crippen molar-refractivity contribution >= 4 is 39.1 Å². The molecule has 0 aliphatic rings. The monoisotopic (exact) mass is 372 g/mol. The molecule has 2 rings (SSSR count). The summed E-state index contributed by atoms with van der Waals surface area (Å²) in [5.74, 6) is 5.71. The van der Waals surface area contributed by atoms with Gasteiger partial charge in [-0.3, -0.25) is 11.3 Å². The average Bonchev–Trinajstić information content (AvgIpc) is 2.42. The van der Waals surface area contributed by atoms with E-state index in [1.807, 2.05) is 37.3 Å². The first-order valence-corrected chi connectivity index (χ1v) is 7.73. The van der Waals surface area contributed by atoms with Crippen LogP contribution in [0.15, 0.2) is 40.9 Å². The third-order valence-corrected chi connectivity index (χ3v) is 4.63. The van der Waals surface area contributed by atoms with Crippen molar-refractivity contribution in [2.24, 2.45) is 5.84 Å². The third kappa shape index (κ3) is 3.54. The quantitative estimate of drug-likeness (QED) is 0.596. The van der Waals surface area contributed by atoms with Crippen LogP contribution in [0.2, 0.25) is 10.0 Å². The van der Waals surface area contributed by atoms with Gasteiger partial charge < -0.3 is 0 Å². The predicted octanol–water partition coefficient (Wildman–Crippen LogP) is 4.81. The number of halogens is 3. The molecule has 0 aromatic heterocycles. The Bertz CT molecular complexity index is 597. The average molecular weight is 374 g/mol. The van der Waals surface area contributed by atoms with Crippen LogP contribution in [-0.4, -0.2) is 0 Å². The van der Waals surface area contributed by atoms with Gasteiger partial charge in [-0.2, -0.15) is 0 Å². The van der Waals surface area contributed by atoms with Crippen LogP contribution >= 0.6 is 39.1 Å². The molecule has 20 heavy (non-hydrogen) atoms. The Kier molecular flexibility index (Phi) is 5.47. The van der Waals surface area contributed by atoms with E-state index in [2.05, 4.69) is 27.4 Å². The van der Waals surface area contributed by atoms with Gasteiger partial charge >= 0.3 is 0 Å². The van der Waals surface area contributed by atoms with Crippen LogP contribution in [-0.2, 0) is 6.42 Å². The van der Waals surface area contributed by atoms with Gasteiger partial charge in [-0.05, 0) is 42.7 Å². The number of nitrogens with one attached hydrogen (secondary N) is 1. The lowest BCUT2D eigenvalue weighted by Crippen LogP contribution is -2.30. The molecule has 0 aliphatic carbocycles. The van der Waals surface area contributed by atoms with Crippen molar-refractivity contribution in [2.75, 3.05) is 0 Å². The van der Waals surface area contributed by atoms with Crippen molar-refractivity contribution in [3.8, 4) is 0 Å². The predicted molar refractivity (Wildman–Crippen MR) is 89.1 cm³/mol. The number of aryl methyl sites for hydroxylation is 1. The number of benzene rings is 2. The fraction of sp³-hybridized carbons (Fsp3) is 0.200. The van der Waals surface area contributed by atoms with E-state index in [0.29, 0.717) is 16.5 Å². The largest absolute Gasteiger partial charge is 0.271 e. The van der Waals surface area contributed by atoms with Crippen molar-refractivity contribution in [3.05, 3.63) is 67.6 Å². The fourth-order valence-corrected chi connectivity index (χ4v) is 3.20. The Morgan fingerprint density at radius 3 is 2.45 bits per heavy atom. The van der Waals surface area contributed by atoms with E-state index in [4.69, 9.17) is 29.0 Å². The number of hydrogen-bond donors (Lipinski definition) is 2. The highest BCUT2D eigenvalue weighted by Crippen LogP contribution is 2.32. The van der Waals surface area contributed by atoms with Crippen LogP contribution in [0.3, 0.4) is 0 Å². The van der Waals surface area contributed by atoms with Gasteiger partial charge in [0.2, 0.25) is 0 Å². The number of nitrogens with two attached hydrogens (primary N) is 1. The molecule has 0 aliphatic heterocycles. The molecule has 0 heterocycles. The molecule has 0 fully saturated rings. The first-order chi connectivity index (χ1) is 9.52. The first kappa shape index (κ1) is 15.8. The smallest absolute Gasteiger partial charge is 0.0512 e. The molecule has 5 heteroatoms. The van der Waals surface area contributed by atoms with Crippen LogP contribution < -0.4 is 11.3 Å². The highest BCUT2D eigenvalue weighted by atomic mass is 79.9. The Balaban J connectivity index is 2.36. The molecular formula is C15H15BrCl2N2. The molecule has 3 N–H and O–H groups in total. The summed E-state index contributed by atoms with van der Waals surface area (Å²) in [6.45, 7) is 2.05. The molecule has 0 amide bonds. The van der Waals surface area contributed by atoms with Gasteiger partial charge in [-0.25, -0.2) is 0 Å². The minimum Gasteiger partial charge on any atom is -0.271 e. The van der Waals surface area contributed by atoms with Gasteiger partial charge in [0, 0.05) is 14.5 Å². The van der Waals surface area contributed by atoms with Crippen LogP contribution in [0.25, 0.3) is 0 Å². The molecule has 1 atom stereocenters. The van der Waals surface area contributed by atoms with Crippen molar-refractivity contribution < 1.29 is 0 Å². The summed E-state index contributed by atoms with van der Waals surface area (Å²) in [4.78, 5) is 0. The van der Waals surface area contributed by atoms with Crippen molar-refractivity contribution in [1.29, 1.82) is 0 Å². The highest BCUT2D eigenvalue weighted by molar-refractivity contribution is 9.10. The Morgan fingerprint density at radius 2 is 1.85 bits per heavy atom. The van der Waals surface area contributed by atoms with Crippen LogP contribution in [0, 0.1) is 6.92 Å². The fourth-order valence-electron chi connectivity index (χ4n) is 2.12. The lowest BCUT2D eigenvalue weighted by Gasteiger charge is -2.20. The lowest BCUT2D eigenvalue weighted by atomic mass is 9.98. The van der Waals surface area contributed by atoms with E-state index in [-0.39, 0.29) is 6.04 Å². The Hall–Kier alpha value is -0.580. The van der Waals surface area contributed by atoms with E-state index in [1.165, 1.54) is 5.56 Å². The summed E-state index contributed by atoms with van der Waals surface area (Å²) >= 11 is 16.0. The number of hydrazine groups is 1. The minimum absolute atomic E-state index is 0.0679. The lowest BCUT2D eigenvalue weighted by molar-refractivity contribution is 0.550. The van der Waals surface area contributed by atoms with Crippen LogP contribution in [0.1, 0.15) is 22.7 Å². The topological polar surface area (TPSA) is 38.0 Å². The standard InChI is InChI=1S/C15H15BrCl2N2/c1-9-5-6-12(16)10(7-9)15(20-19)8-11-13(17)3-2-4-14(11)18/h2-7,15,20H,8,19H2,1H3. The van der Waals surface area contributed by atoms with Crippen LogP contribution in [0.4, 0.5) is 0 Å². The van der Waals surface area contributed by atoms with Gasteiger partial charge in [0.1, 0.15) is 0 Å². The molecule has 2 aromatic carbocycles. The molecule has 2 nitrogen and oxygen atoms in total. The SMILES string of the molecule is Cc1ccc(Br)c(C(Cc2c(Cl)cccc2Cl)NN)c1. The zero-order valence-corrected chi connectivity index (χ0v) is 14.1. The molecule has 106 valence electrons. The second kappa shape index (κ2) is 6.92. The normalized spacial score (nSPS) is 12.4. The van der Waals surface area contributed by atoms with E-state index < -0.39 is 0 Å². The Labute approximate surface area is 137 Å². The Morgan fingerprint density at radius 1 is 1.20 bits per heavy atom. The summed E-state index contributed by atoms with van der Waals surface area (Å²) in [5, 5.41) is 1.31. The maximum atomic E-state index is 6.22. The number of rotatable bonds is 4. The third-order valence-electron chi connectivity index (χ3n) is 3.20. The van der Waals surface area contributed by atoms with Gasteiger partial charge in [-0.1, -0.05) is 62.9 Å². The zero-order valence-electron chi connectivity index (χ0n) is 11.0. The molecule has 0 saturated heterocycles. The van der Waals surface area contributed by atoms with E-state index >= 15 is 0 Å². The van der Waals surface area contributed by atoms with E-state index in [9.17, 15) is 0 Å². The van der Waals surface area contributed by atoms with Crippen molar-refractivity contribution in [1.82, 2.24) is 5.43 Å². The highest BCUT2D eigenvalue weighted by Gasteiger charge is 2.17. The molecule has 0 spiro atoms. The minimum atomic E-state index is -0.0679. The van der Waals surface area contributed by atoms with E-state index in [0.717, 1.165) is 15.6 Å². The summed E-state index contributed by atoms with van der Waals surface area (Å²) < 4.78 is 1.01. The summed E-state index contributed by atoms with van der Waals surface area (Å²) in [7, 11) is 0. The summed E-state index contributed by atoms with van der Waals surface area (Å²) in [6.07, 6.45) is 0.622. The van der Waals surface area contributed by atoms with Crippen molar-refractivity contribution in [2.45, 2.75) is 19.4 Å². The van der Waals surface area contributed by atoms with E-state index in [1.54, 1.807) is 0 Å². The molecule has 1 unspecified atom stereocenters. The van der Waals surface area contributed by atoms with Gasteiger partial charge in [0.05, 0.1) is 6.04 Å². The van der Waals surface area contributed by atoms with Crippen LogP contribution in [0.5, 0.6) is 0 Å². The second-order valence-corrected chi connectivity index (χ2v) is 6.32. The summed E-state index contributed by atoms with van der Waals surface area (Å²) in [6, 6.07) is 11.6. The zero-order chi connectivity index (χ0) is 14.7. The molecule has 0 saturated carbocycles. The maximum absolute atomic E-state index is 6.22. The van der Waals surface area contributed by atoms with Gasteiger partial charge in [0.25, 0.3) is 0 Å². The molecule has 0 radical (unpaired) electrons.